The van der Waals surface area contributed by atoms with E-state index in [1.165, 1.54) is 10.4 Å². The average molecular weight is 435 g/mol. The third-order valence-electron chi connectivity index (χ3n) is 4.51. The summed E-state index contributed by atoms with van der Waals surface area (Å²) in [7, 11) is -3.76. The molecular formula is C18H27ClN2O6S. The number of esters is 1. The van der Waals surface area contributed by atoms with Crippen molar-refractivity contribution in [3.8, 4) is 0 Å². The molecule has 0 bridgehead atoms. The van der Waals surface area contributed by atoms with E-state index in [0.29, 0.717) is 31.6 Å². The van der Waals surface area contributed by atoms with Gasteiger partial charge in [0.1, 0.15) is 0 Å². The highest BCUT2D eigenvalue weighted by molar-refractivity contribution is 7.89. The van der Waals surface area contributed by atoms with Crippen LogP contribution in [0.2, 0.25) is 0 Å². The number of ether oxygens (including phenoxy) is 1. The smallest absolute Gasteiger partial charge is 0.338 e. The predicted molar refractivity (Wildman–Crippen MR) is 106 cm³/mol. The van der Waals surface area contributed by atoms with Gasteiger partial charge in [-0.15, -0.1) is 12.4 Å². The topological polar surface area (TPSA) is 113 Å². The molecule has 1 unspecified atom stereocenters. The van der Waals surface area contributed by atoms with E-state index in [-0.39, 0.29) is 41.9 Å². The van der Waals surface area contributed by atoms with Crippen LogP contribution in [0.4, 0.5) is 0 Å². The Kier molecular flexibility index (Phi) is 9.35. The number of carbonyl (C=O) groups is 2. The van der Waals surface area contributed by atoms with Gasteiger partial charge < -0.3 is 15.2 Å². The van der Waals surface area contributed by atoms with Crippen LogP contribution in [0.3, 0.4) is 0 Å². The highest BCUT2D eigenvalue weighted by atomic mass is 35.5. The zero-order valence-corrected chi connectivity index (χ0v) is 17.6. The average Bonchev–Trinajstić information content (AvgIpc) is 2.62. The first-order chi connectivity index (χ1) is 12.8. The zero-order valence-electron chi connectivity index (χ0n) is 16.0. The molecule has 158 valence electrons. The van der Waals surface area contributed by atoms with E-state index in [4.69, 9.17) is 9.84 Å². The Morgan fingerprint density at radius 1 is 1.36 bits per heavy atom. The van der Waals surface area contributed by atoms with E-state index < -0.39 is 22.0 Å². The number of nitrogens with zero attached hydrogens (tertiary/aromatic N) is 1. The first-order valence-corrected chi connectivity index (χ1v) is 10.4. The van der Waals surface area contributed by atoms with Crippen LogP contribution in [0.1, 0.15) is 35.7 Å². The number of hydrogen-bond donors (Lipinski definition) is 2. The van der Waals surface area contributed by atoms with Crippen molar-refractivity contribution in [2.75, 3.05) is 32.8 Å². The van der Waals surface area contributed by atoms with Crippen LogP contribution in [0.5, 0.6) is 0 Å². The number of carboxylic acids is 1. The lowest BCUT2D eigenvalue weighted by Crippen LogP contribution is -2.43. The van der Waals surface area contributed by atoms with E-state index >= 15 is 0 Å². The van der Waals surface area contributed by atoms with Gasteiger partial charge in [0.05, 0.1) is 23.6 Å². The van der Waals surface area contributed by atoms with Crippen LogP contribution in [0.15, 0.2) is 23.1 Å². The van der Waals surface area contributed by atoms with Gasteiger partial charge in [-0.1, -0.05) is 6.07 Å². The number of sulfonamides is 1. The van der Waals surface area contributed by atoms with Crippen molar-refractivity contribution in [3.05, 3.63) is 29.3 Å². The van der Waals surface area contributed by atoms with Crippen LogP contribution in [-0.2, 0) is 19.6 Å². The van der Waals surface area contributed by atoms with Crippen molar-refractivity contribution < 1.29 is 27.9 Å². The van der Waals surface area contributed by atoms with Crippen molar-refractivity contribution in [2.24, 2.45) is 5.92 Å². The van der Waals surface area contributed by atoms with Gasteiger partial charge in [0.2, 0.25) is 10.0 Å². The molecule has 10 heteroatoms. The highest BCUT2D eigenvalue weighted by Gasteiger charge is 2.31. The Labute approximate surface area is 171 Å². The molecule has 0 saturated carbocycles. The molecule has 8 nitrogen and oxygen atoms in total. The Morgan fingerprint density at radius 2 is 2.07 bits per heavy atom. The lowest BCUT2D eigenvalue weighted by molar-refractivity contribution is -0.136. The molecule has 1 aliphatic rings. The van der Waals surface area contributed by atoms with Gasteiger partial charge in [0, 0.05) is 13.1 Å². The Hall–Kier alpha value is -1.68. The van der Waals surface area contributed by atoms with E-state index in [1.807, 2.05) is 0 Å². The van der Waals surface area contributed by atoms with Crippen molar-refractivity contribution in [1.82, 2.24) is 9.62 Å². The fraction of sp³-hybridized carbons (Fsp3) is 0.556. The summed E-state index contributed by atoms with van der Waals surface area (Å²) in [5, 5.41) is 11.5. The van der Waals surface area contributed by atoms with Gasteiger partial charge in [0.15, 0.2) is 0 Å². The van der Waals surface area contributed by atoms with E-state index in [1.54, 1.807) is 26.0 Å². The molecule has 1 aliphatic heterocycles. The number of hydrogen-bond acceptors (Lipinski definition) is 6. The second kappa shape index (κ2) is 10.8. The standard InChI is InChI=1S/C18H26N2O6S.ClH/c1-3-26-18(23)15-7-6-13(2)16(9-15)27(24,25)20-8-4-5-14(12-20)10-19-11-17(21)22;/h6-7,9,14,19H,3-5,8,10-12H2,1-2H3,(H,21,22);1H. The molecular weight excluding hydrogens is 408 g/mol. The molecule has 0 radical (unpaired) electrons. The molecule has 0 aliphatic carbocycles. The van der Waals surface area contributed by atoms with Crippen LogP contribution in [0.25, 0.3) is 0 Å². The van der Waals surface area contributed by atoms with Crippen molar-refractivity contribution in [2.45, 2.75) is 31.6 Å². The van der Waals surface area contributed by atoms with Gasteiger partial charge in [-0.25, -0.2) is 13.2 Å². The number of halogens is 1. The summed E-state index contributed by atoms with van der Waals surface area (Å²) in [4.78, 5) is 22.7. The van der Waals surface area contributed by atoms with E-state index in [0.717, 1.165) is 6.42 Å². The fourth-order valence-corrected chi connectivity index (χ4v) is 4.96. The molecule has 0 aromatic heterocycles. The molecule has 1 saturated heterocycles. The van der Waals surface area contributed by atoms with Gasteiger partial charge >= 0.3 is 11.9 Å². The third-order valence-corrected chi connectivity index (χ3v) is 6.52. The number of aryl methyl sites for hydroxylation is 1. The normalized spacial score (nSPS) is 17.6. The lowest BCUT2D eigenvalue weighted by atomic mass is 10.00. The molecule has 1 heterocycles. The maximum atomic E-state index is 13.1. The molecule has 2 rings (SSSR count). The minimum atomic E-state index is -3.76. The van der Waals surface area contributed by atoms with Crippen LogP contribution in [-0.4, -0.2) is 62.6 Å². The maximum absolute atomic E-state index is 13.1. The van der Waals surface area contributed by atoms with E-state index in [9.17, 15) is 18.0 Å². The molecule has 1 aromatic carbocycles. The number of carbonyl (C=O) groups excluding carboxylic acids is 1. The molecule has 1 fully saturated rings. The highest BCUT2D eigenvalue weighted by Crippen LogP contribution is 2.26. The number of aliphatic carboxylic acids is 1. The van der Waals surface area contributed by atoms with Gasteiger partial charge in [-0.3, -0.25) is 4.79 Å². The predicted octanol–water partition coefficient (Wildman–Crippen LogP) is 1.67. The molecule has 28 heavy (non-hydrogen) atoms. The Morgan fingerprint density at radius 3 is 2.71 bits per heavy atom. The second-order valence-corrected chi connectivity index (χ2v) is 8.50. The largest absolute Gasteiger partial charge is 0.480 e. The third kappa shape index (κ3) is 6.16. The second-order valence-electron chi connectivity index (χ2n) is 6.60. The van der Waals surface area contributed by atoms with Crippen LogP contribution in [0, 0.1) is 12.8 Å². The molecule has 2 N–H and O–H groups in total. The van der Waals surface area contributed by atoms with Crippen molar-refractivity contribution >= 4 is 34.4 Å². The van der Waals surface area contributed by atoms with E-state index in [2.05, 4.69) is 5.32 Å². The van der Waals surface area contributed by atoms with Crippen molar-refractivity contribution in [3.63, 3.8) is 0 Å². The summed E-state index contributed by atoms with van der Waals surface area (Å²) in [6.45, 7) is 4.61. The lowest BCUT2D eigenvalue weighted by Gasteiger charge is -2.32. The number of benzene rings is 1. The maximum Gasteiger partial charge on any atom is 0.338 e. The summed E-state index contributed by atoms with van der Waals surface area (Å²) in [6.07, 6.45) is 1.54. The SMILES string of the molecule is CCOC(=O)c1ccc(C)c(S(=O)(=O)N2CCCC(CNCC(=O)O)C2)c1.Cl. The fourth-order valence-electron chi connectivity index (χ4n) is 3.15. The minimum absolute atomic E-state index is 0. The summed E-state index contributed by atoms with van der Waals surface area (Å²) >= 11 is 0. The van der Waals surface area contributed by atoms with Gasteiger partial charge in [0.25, 0.3) is 0 Å². The first-order valence-electron chi connectivity index (χ1n) is 8.96. The van der Waals surface area contributed by atoms with Crippen LogP contribution < -0.4 is 5.32 Å². The quantitative estimate of drug-likeness (QED) is 0.598. The summed E-state index contributed by atoms with van der Waals surface area (Å²) in [5.74, 6) is -1.45. The molecule has 0 amide bonds. The molecule has 0 spiro atoms. The molecule has 1 atom stereocenters. The Bertz CT molecular complexity index is 799. The number of rotatable bonds is 8. The molecule has 1 aromatic rings. The first kappa shape index (κ1) is 24.4. The monoisotopic (exact) mass is 434 g/mol. The van der Waals surface area contributed by atoms with Gasteiger partial charge in [-0.2, -0.15) is 4.31 Å². The van der Waals surface area contributed by atoms with Crippen molar-refractivity contribution in [1.29, 1.82) is 0 Å². The number of piperidine rings is 1. The van der Waals surface area contributed by atoms with Crippen LogP contribution >= 0.6 is 12.4 Å². The number of nitrogens with one attached hydrogen (secondary N) is 1. The Balaban J connectivity index is 0.00000392. The minimum Gasteiger partial charge on any atom is -0.480 e. The summed E-state index contributed by atoms with van der Waals surface area (Å²) in [5.41, 5.74) is 0.770. The van der Waals surface area contributed by atoms with Gasteiger partial charge in [-0.05, 0) is 56.8 Å². The summed E-state index contributed by atoms with van der Waals surface area (Å²) < 4.78 is 32.6. The zero-order chi connectivity index (χ0) is 20.0. The summed E-state index contributed by atoms with van der Waals surface area (Å²) in [6, 6.07) is 4.53. The number of carboxylic acid groups (broad SMARTS) is 1.